The molecule has 5 nitrogen and oxygen atoms in total. The maximum Gasteiger partial charge on any atom is 0.252 e. The Morgan fingerprint density at radius 1 is 1.45 bits per heavy atom. The maximum atomic E-state index is 12.1. The number of carbonyl (C=O) groups excluding carboxylic acids is 1. The number of rotatable bonds is 6. The number of aryl methyl sites for hydroxylation is 1. The fourth-order valence-corrected chi connectivity index (χ4v) is 2.91. The Balaban J connectivity index is 1.39. The van der Waals surface area contributed by atoms with Gasteiger partial charge in [-0.2, -0.15) is 0 Å². The highest BCUT2D eigenvalue weighted by atomic mass is 16.5. The monoisotopic (exact) mass is 303 g/mol. The topological polar surface area (TPSA) is 54.5 Å². The number of aromatic nitrogens is 1. The fourth-order valence-electron chi connectivity index (χ4n) is 2.91. The summed E-state index contributed by atoms with van der Waals surface area (Å²) in [5.41, 5.74) is 1.62. The molecule has 1 N–H and O–H groups in total. The van der Waals surface area contributed by atoms with E-state index in [1.807, 2.05) is 13.0 Å². The van der Waals surface area contributed by atoms with Crippen LogP contribution in [0.5, 0.6) is 0 Å². The predicted molar refractivity (Wildman–Crippen MR) is 84.8 cm³/mol. The number of ether oxygens (including phenoxy) is 1. The molecule has 1 aromatic rings. The summed E-state index contributed by atoms with van der Waals surface area (Å²) in [7, 11) is 0. The van der Waals surface area contributed by atoms with Crippen molar-refractivity contribution in [2.75, 3.05) is 32.8 Å². The molecular formula is C17H25N3O2. The van der Waals surface area contributed by atoms with Gasteiger partial charge in [-0.1, -0.05) is 0 Å². The first-order valence-corrected chi connectivity index (χ1v) is 8.24. The summed E-state index contributed by atoms with van der Waals surface area (Å²) in [4.78, 5) is 18.6. The second-order valence-electron chi connectivity index (χ2n) is 6.49. The number of nitrogens with one attached hydrogen (secondary N) is 1. The molecule has 5 heteroatoms. The molecule has 1 aromatic heterocycles. The molecule has 0 radical (unpaired) electrons. The number of amides is 1. The lowest BCUT2D eigenvalue weighted by atomic mass is 10.2. The molecule has 1 atom stereocenters. The summed E-state index contributed by atoms with van der Waals surface area (Å²) in [6, 6.07) is 1.86. The summed E-state index contributed by atoms with van der Waals surface area (Å²) >= 11 is 0. The molecule has 1 saturated heterocycles. The molecule has 1 unspecified atom stereocenters. The number of carbonyl (C=O) groups is 1. The van der Waals surface area contributed by atoms with Crippen molar-refractivity contribution in [1.82, 2.24) is 15.2 Å². The lowest BCUT2D eigenvalue weighted by molar-refractivity contribution is -0.0326. The van der Waals surface area contributed by atoms with Crippen LogP contribution >= 0.6 is 0 Å². The molecule has 3 rings (SSSR count). The molecule has 22 heavy (non-hydrogen) atoms. The first kappa shape index (κ1) is 15.4. The SMILES string of the molecule is Cc1cncc(C(=O)NCCC2CN(CC3CC3)CCO2)c1. The van der Waals surface area contributed by atoms with E-state index in [1.165, 1.54) is 19.4 Å². The van der Waals surface area contributed by atoms with Crippen molar-refractivity contribution >= 4 is 5.91 Å². The molecule has 1 amide bonds. The molecule has 2 fully saturated rings. The van der Waals surface area contributed by atoms with Crippen LogP contribution < -0.4 is 5.32 Å². The Labute approximate surface area is 132 Å². The van der Waals surface area contributed by atoms with Crippen LogP contribution in [-0.4, -0.2) is 54.7 Å². The summed E-state index contributed by atoms with van der Waals surface area (Å²) in [5.74, 6) is 0.870. The largest absolute Gasteiger partial charge is 0.375 e. The maximum absolute atomic E-state index is 12.1. The van der Waals surface area contributed by atoms with E-state index in [0.29, 0.717) is 12.1 Å². The van der Waals surface area contributed by atoms with Gasteiger partial charge in [-0.3, -0.25) is 14.7 Å². The van der Waals surface area contributed by atoms with Gasteiger partial charge in [0.25, 0.3) is 5.91 Å². The van der Waals surface area contributed by atoms with Crippen molar-refractivity contribution in [2.45, 2.75) is 32.3 Å². The molecule has 2 heterocycles. The van der Waals surface area contributed by atoms with Gasteiger partial charge >= 0.3 is 0 Å². The fraction of sp³-hybridized carbons (Fsp3) is 0.647. The molecule has 1 aliphatic carbocycles. The quantitative estimate of drug-likeness (QED) is 0.868. The van der Waals surface area contributed by atoms with E-state index in [9.17, 15) is 4.79 Å². The highest BCUT2D eigenvalue weighted by molar-refractivity contribution is 5.93. The van der Waals surface area contributed by atoms with Gasteiger partial charge in [0.15, 0.2) is 0 Å². The molecule has 1 aliphatic heterocycles. The van der Waals surface area contributed by atoms with E-state index < -0.39 is 0 Å². The van der Waals surface area contributed by atoms with Gasteiger partial charge in [0.1, 0.15) is 0 Å². The normalized spacial score (nSPS) is 22.5. The minimum absolute atomic E-state index is 0.0538. The summed E-state index contributed by atoms with van der Waals surface area (Å²) in [6.07, 6.45) is 7.25. The molecular weight excluding hydrogens is 278 g/mol. The zero-order valence-electron chi connectivity index (χ0n) is 13.3. The Bertz CT molecular complexity index is 516. The van der Waals surface area contributed by atoms with E-state index in [4.69, 9.17) is 4.74 Å². The molecule has 0 spiro atoms. The number of pyridine rings is 1. The predicted octanol–water partition coefficient (Wildman–Crippen LogP) is 1.62. The van der Waals surface area contributed by atoms with E-state index in [0.717, 1.165) is 37.6 Å². The third-order valence-corrected chi connectivity index (χ3v) is 4.33. The van der Waals surface area contributed by atoms with Crippen LogP contribution in [0.1, 0.15) is 35.2 Å². The summed E-state index contributed by atoms with van der Waals surface area (Å²) < 4.78 is 5.81. The molecule has 0 aromatic carbocycles. The van der Waals surface area contributed by atoms with Crippen molar-refractivity contribution in [2.24, 2.45) is 5.92 Å². The van der Waals surface area contributed by atoms with E-state index in [1.54, 1.807) is 12.4 Å². The van der Waals surface area contributed by atoms with Gasteiger partial charge in [0, 0.05) is 38.6 Å². The molecule has 2 aliphatic rings. The zero-order chi connectivity index (χ0) is 15.4. The smallest absolute Gasteiger partial charge is 0.252 e. The Morgan fingerprint density at radius 3 is 3.09 bits per heavy atom. The van der Waals surface area contributed by atoms with Crippen molar-refractivity contribution in [3.8, 4) is 0 Å². The van der Waals surface area contributed by atoms with Gasteiger partial charge in [0.2, 0.25) is 0 Å². The number of nitrogens with zero attached hydrogens (tertiary/aromatic N) is 2. The lowest BCUT2D eigenvalue weighted by Crippen LogP contribution is -2.44. The van der Waals surface area contributed by atoms with Gasteiger partial charge in [-0.15, -0.1) is 0 Å². The van der Waals surface area contributed by atoms with Crippen molar-refractivity contribution in [3.63, 3.8) is 0 Å². The van der Waals surface area contributed by atoms with Crippen molar-refractivity contribution < 1.29 is 9.53 Å². The summed E-state index contributed by atoms with van der Waals surface area (Å²) in [6.45, 7) is 6.67. The van der Waals surface area contributed by atoms with Gasteiger partial charge in [0.05, 0.1) is 18.3 Å². The number of morpholine rings is 1. The minimum Gasteiger partial charge on any atom is -0.375 e. The Kier molecular flexibility index (Phi) is 5.05. The second kappa shape index (κ2) is 7.20. The van der Waals surface area contributed by atoms with Gasteiger partial charge in [-0.05, 0) is 43.7 Å². The number of hydrogen-bond acceptors (Lipinski definition) is 4. The van der Waals surface area contributed by atoms with Crippen LogP contribution in [0.4, 0.5) is 0 Å². The third kappa shape index (κ3) is 4.52. The minimum atomic E-state index is -0.0538. The Hall–Kier alpha value is -1.46. The second-order valence-corrected chi connectivity index (χ2v) is 6.49. The van der Waals surface area contributed by atoms with Gasteiger partial charge < -0.3 is 10.1 Å². The summed E-state index contributed by atoms with van der Waals surface area (Å²) in [5, 5.41) is 2.96. The first-order chi connectivity index (χ1) is 10.7. The first-order valence-electron chi connectivity index (χ1n) is 8.24. The Morgan fingerprint density at radius 2 is 2.32 bits per heavy atom. The average molecular weight is 303 g/mol. The lowest BCUT2D eigenvalue weighted by Gasteiger charge is -2.33. The van der Waals surface area contributed by atoms with Crippen LogP contribution in [0.2, 0.25) is 0 Å². The average Bonchev–Trinajstić information content (AvgIpc) is 3.31. The van der Waals surface area contributed by atoms with E-state index in [2.05, 4.69) is 15.2 Å². The van der Waals surface area contributed by atoms with Crippen LogP contribution in [0, 0.1) is 12.8 Å². The van der Waals surface area contributed by atoms with E-state index >= 15 is 0 Å². The van der Waals surface area contributed by atoms with Crippen LogP contribution in [0.3, 0.4) is 0 Å². The number of hydrogen-bond donors (Lipinski definition) is 1. The molecule has 1 saturated carbocycles. The molecule has 0 bridgehead atoms. The van der Waals surface area contributed by atoms with Crippen molar-refractivity contribution in [1.29, 1.82) is 0 Å². The highest BCUT2D eigenvalue weighted by Crippen LogP contribution is 2.30. The zero-order valence-corrected chi connectivity index (χ0v) is 13.3. The third-order valence-electron chi connectivity index (χ3n) is 4.33. The van der Waals surface area contributed by atoms with Gasteiger partial charge in [-0.25, -0.2) is 0 Å². The van der Waals surface area contributed by atoms with E-state index in [-0.39, 0.29) is 12.0 Å². The standard InChI is InChI=1S/C17H25N3O2/c1-13-8-15(10-18-9-13)17(21)19-5-4-16-12-20(6-7-22-16)11-14-2-3-14/h8-10,14,16H,2-7,11-12H2,1H3,(H,19,21). The van der Waals surface area contributed by atoms with Crippen LogP contribution in [0.15, 0.2) is 18.5 Å². The van der Waals surface area contributed by atoms with Crippen LogP contribution in [0.25, 0.3) is 0 Å². The molecule has 120 valence electrons. The van der Waals surface area contributed by atoms with Crippen molar-refractivity contribution in [3.05, 3.63) is 29.6 Å². The highest BCUT2D eigenvalue weighted by Gasteiger charge is 2.27. The van der Waals surface area contributed by atoms with Crippen LogP contribution in [-0.2, 0) is 4.74 Å².